The van der Waals surface area contributed by atoms with Gasteiger partial charge in [-0.2, -0.15) is 0 Å². The van der Waals surface area contributed by atoms with Gasteiger partial charge >= 0.3 is 29.6 Å². The number of hydrogen-bond acceptors (Lipinski definition) is 3. The molecule has 0 aliphatic heterocycles. The fourth-order valence-corrected chi connectivity index (χ4v) is 1.79. The van der Waals surface area contributed by atoms with Crippen molar-refractivity contribution < 1.29 is 47.5 Å². The Labute approximate surface area is 118 Å². The molecule has 4 nitrogen and oxygen atoms in total. The molecule has 0 aliphatic carbocycles. The summed E-state index contributed by atoms with van der Waals surface area (Å²) in [7, 11) is 0. The zero-order valence-corrected chi connectivity index (χ0v) is 12.0. The van der Waals surface area contributed by atoms with Crippen molar-refractivity contribution in [3.05, 3.63) is 28.0 Å². The van der Waals surface area contributed by atoms with E-state index < -0.39 is 27.7 Å². The first-order chi connectivity index (χ1) is 6.43. The molecule has 15 heavy (non-hydrogen) atoms. The van der Waals surface area contributed by atoms with Crippen LogP contribution in [0.25, 0.3) is 0 Å². The molecule has 0 bridgehead atoms. The van der Waals surface area contributed by atoms with Crippen LogP contribution in [0.5, 0.6) is 0 Å². The number of nitrogens with two attached hydrogens (primary N) is 1. The van der Waals surface area contributed by atoms with Crippen molar-refractivity contribution in [2.75, 3.05) is 0 Å². The number of halogens is 2. The third-order valence-electron chi connectivity index (χ3n) is 1.47. The van der Waals surface area contributed by atoms with Crippen LogP contribution in [0.15, 0.2) is 21.5 Å². The molecule has 0 radical (unpaired) electrons. The van der Waals surface area contributed by atoms with Crippen molar-refractivity contribution in [2.45, 2.75) is 4.90 Å². The minimum absolute atomic E-state index is 0. The average molecular weight is 304 g/mol. The Morgan fingerprint density at radius 3 is 2.47 bits per heavy atom. The Bertz CT molecular complexity index is 394. The molecule has 1 rings (SSSR count). The van der Waals surface area contributed by atoms with Crippen molar-refractivity contribution in [1.29, 1.82) is 0 Å². The molecular formula is C7H4BrFNNaO3S. The maximum atomic E-state index is 13.0. The summed E-state index contributed by atoms with van der Waals surface area (Å²) in [4.78, 5) is 10.2. The van der Waals surface area contributed by atoms with Gasteiger partial charge in [-0.05, 0) is 39.1 Å². The summed E-state index contributed by atoms with van der Waals surface area (Å²) in [6.07, 6.45) is 0. The van der Waals surface area contributed by atoms with Gasteiger partial charge in [0.05, 0.1) is 10.5 Å². The maximum Gasteiger partial charge on any atom is 1.00 e. The molecular weight excluding hydrogens is 300 g/mol. The van der Waals surface area contributed by atoms with Gasteiger partial charge in [0.1, 0.15) is 5.82 Å². The Morgan fingerprint density at radius 2 is 2.07 bits per heavy atom. The molecule has 1 unspecified atom stereocenters. The predicted molar refractivity (Wildman–Crippen MR) is 49.8 cm³/mol. The largest absolute Gasteiger partial charge is 1.00 e. The van der Waals surface area contributed by atoms with Gasteiger partial charge in [0, 0.05) is 4.47 Å². The first kappa shape index (κ1) is 15.2. The summed E-state index contributed by atoms with van der Waals surface area (Å²) in [5, 5.41) is 0. The zero-order valence-electron chi connectivity index (χ0n) is 7.62. The summed E-state index contributed by atoms with van der Waals surface area (Å²) >= 11 is 0.160. The fourth-order valence-electron chi connectivity index (χ4n) is 0.846. The Balaban J connectivity index is 0.00000196. The van der Waals surface area contributed by atoms with Crippen molar-refractivity contribution in [1.82, 2.24) is 0 Å². The Hall–Kier alpha value is 0.210. The van der Waals surface area contributed by atoms with Crippen LogP contribution < -0.4 is 35.3 Å². The third kappa shape index (κ3) is 3.61. The number of rotatable bonds is 2. The molecule has 1 atom stereocenters. The monoisotopic (exact) mass is 303 g/mol. The van der Waals surface area contributed by atoms with Gasteiger partial charge in [-0.3, -0.25) is 9.00 Å². The van der Waals surface area contributed by atoms with Crippen LogP contribution >= 0.6 is 15.9 Å². The predicted octanol–water partition coefficient (Wildman–Crippen LogP) is -2.07. The number of benzene rings is 1. The number of carbonyl (C=O) groups excluding carboxylic acids is 1. The second-order valence-corrected chi connectivity index (χ2v) is 4.13. The number of primary amides is 1. The summed E-state index contributed by atoms with van der Waals surface area (Å²) in [5.74, 6) is -1.77. The maximum absolute atomic E-state index is 13.0. The molecule has 1 aromatic carbocycles. The Kier molecular flexibility index (Phi) is 6.16. The van der Waals surface area contributed by atoms with E-state index in [-0.39, 0.29) is 39.6 Å². The second kappa shape index (κ2) is 6.07. The normalized spacial score (nSPS) is 11.7. The van der Waals surface area contributed by atoms with Crippen LogP contribution in [0.4, 0.5) is 4.39 Å². The number of amides is 1. The van der Waals surface area contributed by atoms with E-state index in [1.807, 2.05) is 0 Å². The van der Waals surface area contributed by atoms with Crippen molar-refractivity contribution in [3.8, 4) is 0 Å². The summed E-state index contributed by atoms with van der Waals surface area (Å²) in [5.41, 5.74) is 4.86. The van der Waals surface area contributed by atoms with Crippen LogP contribution in [0, 0.1) is 5.82 Å². The molecule has 0 aromatic heterocycles. The van der Waals surface area contributed by atoms with Gasteiger partial charge in [-0.15, -0.1) is 0 Å². The minimum atomic E-state index is -2.73. The fraction of sp³-hybridized carbons (Fsp3) is 0. The Morgan fingerprint density at radius 1 is 1.53 bits per heavy atom. The smallest absolute Gasteiger partial charge is 0.768 e. The standard InChI is InChI=1S/C7H5BrFNO3S.Na/c8-4-2-5(9)6(14(12)13)1-3(4)7(10)11;/h1-2H,(H2,10,11)(H,12,13);/q;+1/p-1. The zero-order chi connectivity index (χ0) is 10.9. The van der Waals surface area contributed by atoms with E-state index in [2.05, 4.69) is 15.9 Å². The molecule has 2 N–H and O–H groups in total. The van der Waals surface area contributed by atoms with E-state index in [1.165, 1.54) is 0 Å². The van der Waals surface area contributed by atoms with E-state index in [9.17, 15) is 17.9 Å². The van der Waals surface area contributed by atoms with Crippen LogP contribution in [-0.4, -0.2) is 14.7 Å². The van der Waals surface area contributed by atoms with E-state index in [0.717, 1.165) is 12.1 Å². The van der Waals surface area contributed by atoms with Gasteiger partial charge in [-0.25, -0.2) is 4.39 Å². The van der Waals surface area contributed by atoms with Crippen molar-refractivity contribution in [3.63, 3.8) is 0 Å². The van der Waals surface area contributed by atoms with E-state index in [0.29, 0.717) is 0 Å². The van der Waals surface area contributed by atoms with Gasteiger partial charge < -0.3 is 10.3 Å². The summed E-state index contributed by atoms with van der Waals surface area (Å²) < 4.78 is 34.1. The summed E-state index contributed by atoms with van der Waals surface area (Å²) in [6, 6.07) is 1.76. The van der Waals surface area contributed by atoms with Gasteiger partial charge in [0.25, 0.3) is 0 Å². The van der Waals surface area contributed by atoms with Gasteiger partial charge in [-0.1, -0.05) is 0 Å². The van der Waals surface area contributed by atoms with E-state index >= 15 is 0 Å². The molecule has 0 saturated heterocycles. The van der Waals surface area contributed by atoms with Crippen LogP contribution in [0.1, 0.15) is 10.4 Å². The first-order valence-electron chi connectivity index (χ1n) is 3.31. The van der Waals surface area contributed by atoms with Crippen LogP contribution in [-0.2, 0) is 11.1 Å². The number of carbonyl (C=O) groups is 1. The van der Waals surface area contributed by atoms with Gasteiger partial charge in [0.2, 0.25) is 5.91 Å². The minimum Gasteiger partial charge on any atom is -0.768 e. The molecule has 76 valence electrons. The van der Waals surface area contributed by atoms with E-state index in [4.69, 9.17) is 5.73 Å². The molecule has 1 aromatic rings. The second-order valence-electron chi connectivity index (χ2n) is 2.36. The summed E-state index contributed by atoms with van der Waals surface area (Å²) in [6.45, 7) is 0. The average Bonchev–Trinajstić information content (AvgIpc) is 2.02. The molecule has 8 heteroatoms. The topological polar surface area (TPSA) is 83.2 Å². The molecule has 0 fully saturated rings. The van der Waals surface area contributed by atoms with Gasteiger partial charge in [0.15, 0.2) is 0 Å². The molecule has 0 aliphatic rings. The molecule has 1 amide bonds. The quantitative estimate of drug-likeness (QED) is 0.503. The van der Waals surface area contributed by atoms with Crippen LogP contribution in [0.2, 0.25) is 0 Å². The first-order valence-corrected chi connectivity index (χ1v) is 5.18. The molecule has 0 saturated carbocycles. The van der Waals surface area contributed by atoms with Crippen LogP contribution in [0.3, 0.4) is 0 Å². The molecule has 0 heterocycles. The molecule has 0 spiro atoms. The van der Waals surface area contributed by atoms with E-state index in [1.54, 1.807) is 0 Å². The van der Waals surface area contributed by atoms with Crippen molar-refractivity contribution in [2.24, 2.45) is 5.73 Å². The van der Waals surface area contributed by atoms with Crippen molar-refractivity contribution >= 4 is 32.9 Å². The SMILES string of the molecule is NC(=O)c1cc(S(=O)[O-])c(F)cc1Br.[Na+]. The number of hydrogen-bond donors (Lipinski definition) is 1. The third-order valence-corrected chi connectivity index (χ3v) is 2.79.